The van der Waals surface area contributed by atoms with Crippen LogP contribution in [-0.2, 0) is 6.61 Å². The number of aromatic nitrogens is 1. The summed E-state index contributed by atoms with van der Waals surface area (Å²) in [4.78, 5) is 15.5. The van der Waals surface area contributed by atoms with E-state index in [0.29, 0.717) is 17.9 Å². The van der Waals surface area contributed by atoms with Crippen molar-refractivity contribution in [2.75, 3.05) is 0 Å². The van der Waals surface area contributed by atoms with E-state index in [4.69, 9.17) is 4.74 Å². The predicted molar refractivity (Wildman–Crippen MR) is 126 cm³/mol. The molecule has 2 N–H and O–H groups in total. The highest BCUT2D eigenvalue weighted by molar-refractivity contribution is 9.10. The Hall–Kier alpha value is -2.90. The number of H-pyrrole nitrogens is 1. The minimum Gasteiger partial charge on any atom is -0.489 e. The van der Waals surface area contributed by atoms with E-state index in [1.807, 2.05) is 48.7 Å². The summed E-state index contributed by atoms with van der Waals surface area (Å²) in [6.07, 6.45) is 3.48. The van der Waals surface area contributed by atoms with Gasteiger partial charge in [-0.05, 0) is 60.2 Å². The number of benzene rings is 3. The van der Waals surface area contributed by atoms with Crippen LogP contribution in [0.15, 0.2) is 87.0 Å². The molecule has 1 heterocycles. The van der Waals surface area contributed by atoms with Crippen LogP contribution in [0.25, 0.3) is 10.9 Å². The highest BCUT2D eigenvalue weighted by Crippen LogP contribution is 2.21. The lowest BCUT2D eigenvalue weighted by atomic mass is 10.2. The van der Waals surface area contributed by atoms with Crippen molar-refractivity contribution in [3.05, 3.63) is 98.6 Å². The van der Waals surface area contributed by atoms with Gasteiger partial charge in [0.05, 0.1) is 6.21 Å². The Bertz CT molecular complexity index is 1220. The third-order valence-corrected chi connectivity index (χ3v) is 5.44. The van der Waals surface area contributed by atoms with Crippen LogP contribution in [0.4, 0.5) is 0 Å². The number of rotatable bonds is 6. The van der Waals surface area contributed by atoms with Crippen LogP contribution in [-0.4, -0.2) is 17.1 Å². The molecule has 4 rings (SSSR count). The van der Waals surface area contributed by atoms with Gasteiger partial charge in [-0.1, -0.05) is 44.0 Å². The molecule has 0 aliphatic rings. The summed E-state index contributed by atoms with van der Waals surface area (Å²) < 4.78 is 7.77. The van der Waals surface area contributed by atoms with Crippen molar-refractivity contribution in [2.45, 2.75) is 6.61 Å². The van der Waals surface area contributed by atoms with E-state index < -0.39 is 0 Å². The average Bonchev–Trinajstić information content (AvgIpc) is 3.15. The Balaban J connectivity index is 1.35. The molecule has 4 aromatic rings. The summed E-state index contributed by atoms with van der Waals surface area (Å²) in [5.74, 6) is 0.408. The molecule has 0 fully saturated rings. The van der Waals surface area contributed by atoms with Crippen LogP contribution >= 0.6 is 31.9 Å². The lowest BCUT2D eigenvalue weighted by Gasteiger charge is -2.07. The molecule has 1 amide bonds. The first kappa shape index (κ1) is 20.4. The summed E-state index contributed by atoms with van der Waals surface area (Å²) in [5, 5.41) is 5.10. The molecular formula is C23H17Br2N3O2. The number of nitrogens with one attached hydrogen (secondary N) is 2. The fourth-order valence-electron chi connectivity index (χ4n) is 2.94. The monoisotopic (exact) mass is 525 g/mol. The van der Waals surface area contributed by atoms with Crippen molar-refractivity contribution in [3.8, 4) is 5.75 Å². The zero-order valence-electron chi connectivity index (χ0n) is 15.7. The number of ether oxygens (including phenoxy) is 1. The summed E-state index contributed by atoms with van der Waals surface area (Å²) in [6.45, 7) is 0.454. The number of amides is 1. The fraction of sp³-hybridized carbons (Fsp3) is 0.0435. The zero-order chi connectivity index (χ0) is 20.9. The van der Waals surface area contributed by atoms with Gasteiger partial charge in [-0.15, -0.1) is 0 Å². The predicted octanol–water partition coefficient (Wildman–Crippen LogP) is 6.04. The third-order valence-electron chi connectivity index (χ3n) is 4.46. The zero-order valence-corrected chi connectivity index (χ0v) is 18.9. The van der Waals surface area contributed by atoms with E-state index in [1.165, 1.54) is 0 Å². The molecule has 1 aromatic heterocycles. The van der Waals surface area contributed by atoms with Crippen molar-refractivity contribution in [2.24, 2.45) is 5.10 Å². The van der Waals surface area contributed by atoms with E-state index in [9.17, 15) is 4.79 Å². The number of fused-ring (bicyclic) bond motifs is 1. The second-order valence-electron chi connectivity index (χ2n) is 6.58. The molecule has 3 aromatic carbocycles. The van der Waals surface area contributed by atoms with Gasteiger partial charge in [0.1, 0.15) is 12.4 Å². The Kier molecular flexibility index (Phi) is 6.30. The Labute approximate surface area is 190 Å². The molecular weight excluding hydrogens is 510 g/mol. The molecule has 0 unspecified atom stereocenters. The number of nitrogens with zero attached hydrogens (tertiary/aromatic N) is 1. The van der Waals surface area contributed by atoms with Crippen molar-refractivity contribution in [3.63, 3.8) is 0 Å². The van der Waals surface area contributed by atoms with Gasteiger partial charge in [0.25, 0.3) is 5.91 Å². The lowest BCUT2D eigenvalue weighted by molar-refractivity contribution is 0.0955. The normalized spacial score (nSPS) is 11.1. The molecule has 0 radical (unpaired) electrons. The first-order chi connectivity index (χ1) is 14.6. The first-order valence-corrected chi connectivity index (χ1v) is 10.7. The number of aromatic amines is 1. The first-order valence-electron chi connectivity index (χ1n) is 9.16. The van der Waals surface area contributed by atoms with Crippen molar-refractivity contribution in [1.82, 2.24) is 10.4 Å². The minimum absolute atomic E-state index is 0.286. The van der Waals surface area contributed by atoms with Crippen molar-refractivity contribution in [1.29, 1.82) is 0 Å². The summed E-state index contributed by atoms with van der Waals surface area (Å²) in [7, 11) is 0. The molecule has 0 atom stereocenters. The van der Waals surface area contributed by atoms with E-state index in [2.05, 4.69) is 47.4 Å². The van der Waals surface area contributed by atoms with E-state index in [0.717, 1.165) is 31.0 Å². The molecule has 0 bridgehead atoms. The summed E-state index contributed by atoms with van der Waals surface area (Å²) in [6, 6.07) is 20.9. The quantitative estimate of drug-likeness (QED) is 0.238. The van der Waals surface area contributed by atoms with Crippen LogP contribution in [0.2, 0.25) is 0 Å². The number of hydrazone groups is 1. The smallest absolute Gasteiger partial charge is 0.271 e. The number of hydrogen-bond acceptors (Lipinski definition) is 3. The van der Waals surface area contributed by atoms with Gasteiger partial charge >= 0.3 is 0 Å². The molecule has 0 spiro atoms. The molecule has 0 aliphatic heterocycles. The average molecular weight is 527 g/mol. The van der Waals surface area contributed by atoms with Gasteiger partial charge in [0.15, 0.2) is 0 Å². The van der Waals surface area contributed by atoms with Gasteiger partial charge in [0, 0.05) is 37.2 Å². The number of carbonyl (C=O) groups is 1. The second kappa shape index (κ2) is 9.28. The van der Waals surface area contributed by atoms with Gasteiger partial charge in [-0.2, -0.15) is 5.10 Å². The van der Waals surface area contributed by atoms with Gasteiger partial charge < -0.3 is 9.72 Å². The van der Waals surface area contributed by atoms with Crippen LogP contribution < -0.4 is 10.2 Å². The highest BCUT2D eigenvalue weighted by Gasteiger charge is 2.06. The Morgan fingerprint density at radius 1 is 1.03 bits per heavy atom. The maximum Gasteiger partial charge on any atom is 0.271 e. The molecule has 7 heteroatoms. The summed E-state index contributed by atoms with van der Waals surface area (Å²) in [5.41, 5.74) is 6.02. The van der Waals surface area contributed by atoms with Crippen LogP contribution in [0.1, 0.15) is 21.5 Å². The van der Waals surface area contributed by atoms with Crippen molar-refractivity contribution >= 4 is 54.9 Å². The molecule has 30 heavy (non-hydrogen) atoms. The number of carbonyl (C=O) groups excluding carboxylic acids is 1. The number of hydrogen-bond donors (Lipinski definition) is 2. The van der Waals surface area contributed by atoms with Crippen LogP contribution in [0, 0.1) is 0 Å². The summed E-state index contributed by atoms with van der Waals surface area (Å²) >= 11 is 6.91. The topological polar surface area (TPSA) is 66.5 Å². The molecule has 0 aliphatic carbocycles. The second-order valence-corrected chi connectivity index (χ2v) is 8.41. The minimum atomic E-state index is -0.286. The largest absolute Gasteiger partial charge is 0.489 e. The van der Waals surface area contributed by atoms with Crippen molar-refractivity contribution < 1.29 is 9.53 Å². The standard InChI is InChI=1S/C23H17Br2N3O2/c24-18-3-1-2-15(10-18)14-30-20-7-4-16(5-8-20)23(29)28-27-13-17-12-26-22-9-6-19(25)11-21(17)22/h1-13,26H,14H2,(H,28,29)/b27-13+. The highest BCUT2D eigenvalue weighted by atomic mass is 79.9. The van der Waals surface area contributed by atoms with Gasteiger partial charge in [-0.25, -0.2) is 5.43 Å². The molecule has 150 valence electrons. The van der Waals surface area contributed by atoms with E-state index >= 15 is 0 Å². The maximum absolute atomic E-state index is 12.3. The molecule has 5 nitrogen and oxygen atoms in total. The van der Waals surface area contributed by atoms with Crippen LogP contribution in [0.5, 0.6) is 5.75 Å². The van der Waals surface area contributed by atoms with E-state index in [1.54, 1.807) is 30.5 Å². The lowest BCUT2D eigenvalue weighted by Crippen LogP contribution is -2.17. The van der Waals surface area contributed by atoms with E-state index in [-0.39, 0.29) is 5.91 Å². The fourth-order valence-corrected chi connectivity index (χ4v) is 3.75. The third kappa shape index (κ3) is 4.98. The Morgan fingerprint density at radius 2 is 1.83 bits per heavy atom. The van der Waals surface area contributed by atoms with Gasteiger partial charge in [0.2, 0.25) is 0 Å². The molecule has 0 saturated carbocycles. The maximum atomic E-state index is 12.3. The Morgan fingerprint density at radius 3 is 2.63 bits per heavy atom. The SMILES string of the molecule is O=C(N/N=C/c1c[nH]c2ccc(Br)cc12)c1ccc(OCc2cccc(Br)c2)cc1. The van der Waals surface area contributed by atoms with Gasteiger partial charge in [-0.3, -0.25) is 4.79 Å². The number of halogens is 2. The molecule has 0 saturated heterocycles. The van der Waals surface area contributed by atoms with Crippen LogP contribution in [0.3, 0.4) is 0 Å².